The minimum absolute atomic E-state index is 0.00216. The van der Waals surface area contributed by atoms with E-state index < -0.39 is 70.3 Å². The molecule has 0 radical (unpaired) electrons. The molecule has 2 aromatic rings. The number of benzene rings is 2. The summed E-state index contributed by atoms with van der Waals surface area (Å²) in [7, 11) is -6.55. The first-order chi connectivity index (χ1) is 25.9. The monoisotopic (exact) mass is 862 g/mol. The van der Waals surface area contributed by atoms with Gasteiger partial charge in [-0.1, -0.05) is 23.2 Å². The Balaban J connectivity index is 0.000000241. The number of rotatable bonds is 10. The second-order valence-corrected chi connectivity index (χ2v) is 19.0. The Morgan fingerprint density at radius 1 is 1.04 bits per heavy atom. The summed E-state index contributed by atoms with van der Waals surface area (Å²) in [5, 5.41) is 8.31. The first-order valence-electron chi connectivity index (χ1n) is 17.2. The molecule has 2 amide bonds. The second-order valence-electron chi connectivity index (χ2n) is 13.6. The van der Waals surface area contributed by atoms with Crippen molar-refractivity contribution in [1.29, 1.82) is 0 Å². The number of nitrogens with zero attached hydrogens (tertiary/aromatic N) is 1. The first kappa shape index (κ1) is 46.4. The number of anilines is 1. The molecule has 1 saturated heterocycles. The van der Waals surface area contributed by atoms with Gasteiger partial charge in [-0.15, -0.1) is 0 Å². The molecule has 3 fully saturated rings. The maximum absolute atomic E-state index is 14.3. The van der Waals surface area contributed by atoms with Gasteiger partial charge in [0.05, 0.1) is 26.7 Å². The van der Waals surface area contributed by atoms with E-state index in [0.717, 1.165) is 44.1 Å². The van der Waals surface area contributed by atoms with Crippen LogP contribution < -0.4 is 15.4 Å². The second kappa shape index (κ2) is 19.4. The molecular formula is C36H42Cl2FN2O13PS. The van der Waals surface area contributed by atoms with E-state index in [9.17, 15) is 46.1 Å². The van der Waals surface area contributed by atoms with E-state index >= 15 is 0 Å². The normalized spacial score (nSPS) is 17.9. The van der Waals surface area contributed by atoms with E-state index in [1.165, 1.54) is 24.9 Å². The zero-order chi connectivity index (χ0) is 42.3. The third-order valence-electron chi connectivity index (χ3n) is 8.62. The van der Waals surface area contributed by atoms with Gasteiger partial charge < -0.3 is 25.2 Å². The van der Waals surface area contributed by atoms with Crippen LogP contribution in [-0.4, -0.2) is 85.0 Å². The molecule has 20 heteroatoms. The molecule has 0 aromatic heterocycles. The summed E-state index contributed by atoms with van der Waals surface area (Å²) in [6.07, 6.45) is 4.87. The Bertz CT molecular complexity index is 2080. The van der Waals surface area contributed by atoms with Crippen LogP contribution in [0.15, 0.2) is 46.6 Å². The predicted octanol–water partition coefficient (Wildman–Crippen LogP) is 6.13. The van der Waals surface area contributed by atoms with Gasteiger partial charge in [-0.2, -0.15) is 0 Å². The highest BCUT2D eigenvalue weighted by Gasteiger charge is 2.41. The summed E-state index contributed by atoms with van der Waals surface area (Å²) in [4.78, 5) is 79.7. The molecule has 2 saturated carbocycles. The largest absolute Gasteiger partial charge is 0.489 e. The van der Waals surface area contributed by atoms with E-state index in [4.69, 9.17) is 48.4 Å². The van der Waals surface area contributed by atoms with Crippen LogP contribution in [0.2, 0.25) is 10.0 Å². The van der Waals surface area contributed by atoms with E-state index in [-0.39, 0.29) is 69.2 Å². The lowest BCUT2D eigenvalue weighted by molar-refractivity contribution is -0.138. The van der Waals surface area contributed by atoms with Gasteiger partial charge in [0.15, 0.2) is 40.3 Å². The summed E-state index contributed by atoms with van der Waals surface area (Å²) >= 11 is 12.0. The van der Waals surface area contributed by atoms with E-state index in [0.29, 0.717) is 16.9 Å². The summed E-state index contributed by atoms with van der Waals surface area (Å²) in [6.45, 7) is 4.45. The molecule has 0 spiro atoms. The molecule has 1 aliphatic heterocycles. The van der Waals surface area contributed by atoms with Crippen LogP contribution in [0.5, 0.6) is 5.75 Å². The Labute approximate surface area is 332 Å². The number of allylic oxidation sites excluding steroid dienone is 1. The van der Waals surface area contributed by atoms with Crippen LogP contribution in [-0.2, 0) is 38.3 Å². The molecular weight excluding hydrogens is 821 g/mol. The molecule has 15 nitrogen and oxygen atoms in total. The number of hydrogen-bond donors (Lipinski definition) is 3. The number of aliphatic carboxylic acids is 1. The zero-order valence-corrected chi connectivity index (χ0v) is 34.1. The van der Waals surface area contributed by atoms with Crippen LogP contribution >= 0.6 is 30.6 Å². The number of carboxylic acids is 1. The number of Topliss-reactive ketones (excluding diaryl/α,β-unsaturated/α-hetero) is 3. The Morgan fingerprint density at radius 3 is 2.11 bits per heavy atom. The van der Waals surface area contributed by atoms with Crippen LogP contribution in [0.3, 0.4) is 0 Å². The summed E-state index contributed by atoms with van der Waals surface area (Å²) in [6, 6.07) is 4.94. The molecule has 1 heterocycles. The third kappa shape index (κ3) is 12.5. The van der Waals surface area contributed by atoms with Crippen molar-refractivity contribution in [2.24, 2.45) is 11.7 Å². The van der Waals surface area contributed by atoms with Crippen molar-refractivity contribution in [2.75, 3.05) is 24.0 Å². The number of nitrogens with two attached hydrogens (primary N) is 1. The molecule has 2 aromatic carbocycles. The van der Waals surface area contributed by atoms with Gasteiger partial charge in [0.1, 0.15) is 23.5 Å². The fourth-order valence-corrected chi connectivity index (χ4v) is 7.57. The predicted molar refractivity (Wildman–Crippen MR) is 204 cm³/mol. The van der Waals surface area contributed by atoms with E-state index in [1.54, 1.807) is 13.8 Å². The minimum atomic E-state index is -3.44. The molecule has 4 N–H and O–H groups in total. The van der Waals surface area contributed by atoms with Gasteiger partial charge in [-0.05, 0) is 82.2 Å². The van der Waals surface area contributed by atoms with Crippen molar-refractivity contribution in [2.45, 2.75) is 82.3 Å². The van der Waals surface area contributed by atoms with Gasteiger partial charge >= 0.3 is 18.0 Å². The smallest absolute Gasteiger partial charge is 0.427 e. The molecule has 5 rings (SSSR count). The quantitative estimate of drug-likeness (QED) is 0.105. The van der Waals surface area contributed by atoms with Gasteiger partial charge in [0, 0.05) is 43.6 Å². The topological polar surface area (TPSA) is 242 Å². The average Bonchev–Trinajstić information content (AvgIpc) is 3.71. The fourth-order valence-electron chi connectivity index (χ4n) is 5.63. The number of ether oxygens (including phenoxy) is 2. The summed E-state index contributed by atoms with van der Waals surface area (Å²) in [5.41, 5.74) is 5.40. The number of imide groups is 1. The number of carbonyl (C=O) groups is 6. The number of cyclic esters (lactones) is 1. The number of amides is 2. The highest BCUT2D eigenvalue weighted by atomic mass is 35.5. The number of ketones is 3. The molecule has 3 aliphatic rings. The summed E-state index contributed by atoms with van der Waals surface area (Å²) < 4.78 is 58.5. The average molecular weight is 864 g/mol. The Kier molecular flexibility index (Phi) is 16.1. The first-order valence-corrected chi connectivity index (χ1v) is 22.1. The van der Waals surface area contributed by atoms with Crippen molar-refractivity contribution >= 4 is 81.4 Å². The zero-order valence-electron chi connectivity index (χ0n) is 30.9. The van der Waals surface area contributed by atoms with Crippen LogP contribution in [0.4, 0.5) is 14.9 Å². The molecule has 0 bridgehead atoms. The number of hydrogen-bond acceptors (Lipinski definition) is 12. The van der Waals surface area contributed by atoms with Crippen molar-refractivity contribution < 1.29 is 65.6 Å². The highest BCUT2D eigenvalue weighted by molar-refractivity contribution is 7.90. The molecule has 306 valence electrons. The number of sulfone groups is 1. The Hall–Kier alpha value is -3.99. The van der Waals surface area contributed by atoms with Gasteiger partial charge in [0.25, 0.3) is 0 Å². The standard InChI is InChI=1S/C17H17ClFNO4.C14H13ClO5S.C5H12NO4P/c1-9(2)15-16(21)20(17(22)24-15)13-8-14(11(18)7-12(13)19)23-10-5-3-4-6-10;1-21(19,20)8-5-6-9(10(15)7-8)14(18)13-11(16)3-2-4-12(13)17;1-11(9,10)3-2-4(6)5(7)8/h7-8,10H,3-6H2,1-2H3;5-7,13H,2-4H2,1H3;4H,2-3,6H2,1H3,(H,7,8)(H,9,10). The van der Waals surface area contributed by atoms with Crippen molar-refractivity contribution in [3.8, 4) is 5.75 Å². The maximum Gasteiger partial charge on any atom is 0.427 e. The van der Waals surface area contributed by atoms with Crippen LogP contribution in [0, 0.1) is 11.7 Å². The third-order valence-corrected chi connectivity index (χ3v) is 11.4. The minimum Gasteiger partial charge on any atom is -0.489 e. The molecule has 2 atom stereocenters. The Morgan fingerprint density at radius 2 is 1.62 bits per heavy atom. The number of halogens is 3. The lowest BCUT2D eigenvalue weighted by Crippen LogP contribution is -2.35. The van der Waals surface area contributed by atoms with Crippen molar-refractivity contribution in [1.82, 2.24) is 0 Å². The van der Waals surface area contributed by atoms with Gasteiger partial charge in [-0.3, -0.25) is 28.5 Å². The SMILES string of the molecule is CC(C)=C1OC(=O)N(c2cc(OC3CCCC3)c(Cl)cc2F)C1=O.CP(=O)(O)CCC(N)C(=O)O.CS(=O)(=O)c1ccc(C(=O)C2C(=O)CCCC2=O)c(Cl)c1. The van der Waals surface area contributed by atoms with E-state index in [1.807, 2.05) is 0 Å². The highest BCUT2D eigenvalue weighted by Crippen LogP contribution is 2.38. The van der Waals surface area contributed by atoms with Gasteiger partial charge in [0.2, 0.25) is 0 Å². The van der Waals surface area contributed by atoms with Gasteiger partial charge in [-0.25, -0.2) is 22.5 Å². The van der Waals surface area contributed by atoms with Crippen LogP contribution in [0.1, 0.15) is 75.6 Å². The van der Waals surface area contributed by atoms with E-state index in [2.05, 4.69) is 0 Å². The van der Waals surface area contributed by atoms with Crippen molar-refractivity contribution in [3.63, 3.8) is 0 Å². The molecule has 56 heavy (non-hydrogen) atoms. The summed E-state index contributed by atoms with van der Waals surface area (Å²) in [5.74, 6) is -5.24. The lowest BCUT2D eigenvalue weighted by atomic mass is 9.82. The molecule has 2 unspecified atom stereocenters. The molecule has 2 aliphatic carbocycles. The fraction of sp³-hybridized carbons (Fsp3) is 0.444. The lowest BCUT2D eigenvalue weighted by Gasteiger charge is -2.18. The number of carbonyl (C=O) groups excluding carboxylic acids is 5. The van der Waals surface area contributed by atoms with Crippen LogP contribution in [0.25, 0.3) is 0 Å². The maximum atomic E-state index is 14.3. The number of carboxylic acid groups (broad SMARTS) is 1. The van der Waals surface area contributed by atoms with Crippen molar-refractivity contribution in [3.05, 3.63) is 63.1 Å².